The van der Waals surface area contributed by atoms with Gasteiger partial charge in [-0.25, -0.2) is 0 Å². The van der Waals surface area contributed by atoms with Crippen molar-refractivity contribution in [3.8, 4) is 0 Å². The molecule has 3 nitrogen and oxygen atoms in total. The van der Waals surface area contributed by atoms with E-state index < -0.39 is 0 Å². The first-order chi connectivity index (χ1) is 6.01. The molecule has 1 saturated heterocycles. The summed E-state index contributed by atoms with van der Waals surface area (Å²) < 4.78 is 0. The highest BCUT2D eigenvalue weighted by Gasteiger charge is 2.20. The lowest BCUT2D eigenvalue weighted by atomic mass is 9.96. The van der Waals surface area contributed by atoms with Gasteiger partial charge in [-0.2, -0.15) is 0 Å². The summed E-state index contributed by atoms with van der Waals surface area (Å²) >= 11 is 0. The van der Waals surface area contributed by atoms with Crippen molar-refractivity contribution in [2.45, 2.75) is 20.8 Å². The van der Waals surface area contributed by atoms with Crippen LogP contribution in [-0.4, -0.2) is 48.9 Å². The van der Waals surface area contributed by atoms with Gasteiger partial charge in [0.15, 0.2) is 0 Å². The predicted molar refractivity (Wildman–Crippen MR) is 53.5 cm³/mol. The third-order valence-electron chi connectivity index (χ3n) is 2.25. The van der Waals surface area contributed by atoms with Crippen molar-refractivity contribution in [3.63, 3.8) is 0 Å². The van der Waals surface area contributed by atoms with Gasteiger partial charge < -0.3 is 4.90 Å². The van der Waals surface area contributed by atoms with Gasteiger partial charge in [0.05, 0.1) is 0 Å². The number of hydrogen-bond donors (Lipinski definition) is 0. The second-order valence-electron chi connectivity index (χ2n) is 4.98. The molecule has 1 fully saturated rings. The van der Waals surface area contributed by atoms with Crippen molar-refractivity contribution < 1.29 is 4.79 Å². The Kier molecular flexibility index (Phi) is 3.31. The van der Waals surface area contributed by atoms with Crippen molar-refractivity contribution in [2.24, 2.45) is 5.41 Å². The van der Waals surface area contributed by atoms with E-state index in [1.54, 1.807) is 0 Å². The van der Waals surface area contributed by atoms with E-state index >= 15 is 0 Å². The van der Waals surface area contributed by atoms with E-state index in [2.05, 4.69) is 25.7 Å². The minimum atomic E-state index is 0.364. The molecule has 13 heavy (non-hydrogen) atoms. The Labute approximate surface area is 80.7 Å². The van der Waals surface area contributed by atoms with E-state index in [9.17, 15) is 4.79 Å². The number of hydrogen-bond acceptors (Lipinski definition) is 2. The molecule has 0 aromatic rings. The van der Waals surface area contributed by atoms with E-state index in [0.717, 1.165) is 39.1 Å². The Bertz CT molecular complexity index is 166. The minimum Gasteiger partial charge on any atom is -0.343 e. The van der Waals surface area contributed by atoms with E-state index in [1.807, 2.05) is 4.90 Å². The monoisotopic (exact) mass is 184 g/mol. The zero-order chi connectivity index (χ0) is 9.90. The van der Waals surface area contributed by atoms with Crippen LogP contribution in [0.25, 0.3) is 0 Å². The Morgan fingerprint density at radius 1 is 1.15 bits per heavy atom. The smallest absolute Gasteiger partial charge is 0.209 e. The SMILES string of the molecule is CC(C)(C)CN1CCN(C=O)CC1. The van der Waals surface area contributed by atoms with Crippen LogP contribution >= 0.6 is 0 Å². The zero-order valence-electron chi connectivity index (χ0n) is 8.92. The van der Waals surface area contributed by atoms with Gasteiger partial charge in [0.25, 0.3) is 0 Å². The summed E-state index contributed by atoms with van der Waals surface area (Å²) in [6.45, 7) is 11.7. The molecule has 0 aromatic heterocycles. The summed E-state index contributed by atoms with van der Waals surface area (Å²) in [6, 6.07) is 0. The van der Waals surface area contributed by atoms with E-state index in [4.69, 9.17) is 0 Å². The largest absolute Gasteiger partial charge is 0.343 e. The average molecular weight is 184 g/mol. The molecule has 1 aliphatic heterocycles. The van der Waals surface area contributed by atoms with Crippen LogP contribution in [0.5, 0.6) is 0 Å². The molecule has 0 saturated carbocycles. The standard InChI is InChI=1S/C10H20N2O/c1-10(2,3)8-11-4-6-12(9-13)7-5-11/h9H,4-8H2,1-3H3. The molecule has 1 heterocycles. The molecule has 0 spiro atoms. The summed E-state index contributed by atoms with van der Waals surface area (Å²) in [7, 11) is 0. The first kappa shape index (κ1) is 10.5. The van der Waals surface area contributed by atoms with Crippen LogP contribution in [0.4, 0.5) is 0 Å². The first-order valence-electron chi connectivity index (χ1n) is 4.93. The van der Waals surface area contributed by atoms with E-state index in [1.165, 1.54) is 0 Å². The maximum atomic E-state index is 10.5. The summed E-state index contributed by atoms with van der Waals surface area (Å²) in [4.78, 5) is 14.7. The molecule has 0 atom stereocenters. The second kappa shape index (κ2) is 4.09. The number of carbonyl (C=O) groups excluding carboxylic acids is 1. The quantitative estimate of drug-likeness (QED) is 0.593. The third kappa shape index (κ3) is 3.77. The van der Waals surface area contributed by atoms with Gasteiger partial charge in [0.2, 0.25) is 6.41 Å². The molecule has 0 aliphatic carbocycles. The fraction of sp³-hybridized carbons (Fsp3) is 0.900. The fourth-order valence-electron chi connectivity index (χ4n) is 1.70. The van der Waals surface area contributed by atoms with Crippen molar-refractivity contribution >= 4 is 6.41 Å². The molecule has 0 unspecified atom stereocenters. The van der Waals surface area contributed by atoms with E-state index in [0.29, 0.717) is 5.41 Å². The Balaban J connectivity index is 2.29. The first-order valence-corrected chi connectivity index (χ1v) is 4.93. The minimum absolute atomic E-state index is 0.364. The second-order valence-corrected chi connectivity index (χ2v) is 4.98. The Hall–Kier alpha value is -0.570. The van der Waals surface area contributed by atoms with E-state index in [-0.39, 0.29) is 0 Å². The lowest BCUT2D eigenvalue weighted by Crippen LogP contribution is -2.48. The normalized spacial score (nSPS) is 20.4. The molecule has 0 N–H and O–H groups in total. The van der Waals surface area contributed by atoms with Crippen LogP contribution < -0.4 is 0 Å². The van der Waals surface area contributed by atoms with Gasteiger partial charge in [-0.05, 0) is 5.41 Å². The molecule has 3 heteroatoms. The van der Waals surface area contributed by atoms with Crippen LogP contribution in [0.2, 0.25) is 0 Å². The van der Waals surface area contributed by atoms with Gasteiger partial charge in [0, 0.05) is 32.7 Å². The molecule has 1 amide bonds. The summed E-state index contributed by atoms with van der Waals surface area (Å²) in [6.07, 6.45) is 0.953. The summed E-state index contributed by atoms with van der Waals surface area (Å²) in [5.74, 6) is 0. The number of amides is 1. The topological polar surface area (TPSA) is 23.6 Å². The summed E-state index contributed by atoms with van der Waals surface area (Å²) in [5.41, 5.74) is 0.364. The number of carbonyl (C=O) groups is 1. The van der Waals surface area contributed by atoms with Crippen LogP contribution in [0.15, 0.2) is 0 Å². The molecule has 1 rings (SSSR count). The third-order valence-corrected chi connectivity index (χ3v) is 2.25. The lowest BCUT2D eigenvalue weighted by molar-refractivity contribution is -0.119. The van der Waals surface area contributed by atoms with Crippen molar-refractivity contribution in [1.82, 2.24) is 9.80 Å². The highest BCUT2D eigenvalue weighted by atomic mass is 16.1. The Morgan fingerprint density at radius 2 is 1.69 bits per heavy atom. The zero-order valence-corrected chi connectivity index (χ0v) is 8.92. The molecule has 1 aliphatic rings. The van der Waals surface area contributed by atoms with Gasteiger partial charge in [-0.3, -0.25) is 9.69 Å². The highest BCUT2D eigenvalue weighted by Crippen LogP contribution is 2.15. The molecule has 0 aromatic carbocycles. The van der Waals surface area contributed by atoms with Gasteiger partial charge in [-0.15, -0.1) is 0 Å². The Morgan fingerprint density at radius 3 is 2.08 bits per heavy atom. The number of rotatable bonds is 2. The molecular formula is C10H20N2O. The highest BCUT2D eigenvalue weighted by molar-refractivity contribution is 5.47. The van der Waals surface area contributed by atoms with Gasteiger partial charge in [0.1, 0.15) is 0 Å². The summed E-state index contributed by atoms with van der Waals surface area (Å²) in [5, 5.41) is 0. The van der Waals surface area contributed by atoms with Crippen LogP contribution in [-0.2, 0) is 4.79 Å². The number of piperazine rings is 1. The van der Waals surface area contributed by atoms with Crippen LogP contribution in [0.3, 0.4) is 0 Å². The molecule has 0 bridgehead atoms. The molecule has 76 valence electrons. The maximum Gasteiger partial charge on any atom is 0.209 e. The van der Waals surface area contributed by atoms with Crippen LogP contribution in [0.1, 0.15) is 20.8 Å². The number of nitrogens with zero attached hydrogens (tertiary/aromatic N) is 2. The lowest BCUT2D eigenvalue weighted by Gasteiger charge is -2.36. The van der Waals surface area contributed by atoms with Crippen LogP contribution in [0, 0.1) is 5.41 Å². The fourth-order valence-corrected chi connectivity index (χ4v) is 1.70. The predicted octanol–water partition coefficient (Wildman–Crippen LogP) is 0.806. The van der Waals surface area contributed by atoms with Crippen molar-refractivity contribution in [3.05, 3.63) is 0 Å². The van der Waals surface area contributed by atoms with Gasteiger partial charge >= 0.3 is 0 Å². The maximum absolute atomic E-state index is 10.5. The average Bonchev–Trinajstić information content (AvgIpc) is 2.03. The van der Waals surface area contributed by atoms with Crippen molar-refractivity contribution in [2.75, 3.05) is 32.7 Å². The molecular weight excluding hydrogens is 164 g/mol. The van der Waals surface area contributed by atoms with Crippen molar-refractivity contribution in [1.29, 1.82) is 0 Å². The van der Waals surface area contributed by atoms with Gasteiger partial charge in [-0.1, -0.05) is 20.8 Å². The molecule has 0 radical (unpaired) electrons.